The molecule has 2 rings (SSSR count). The van der Waals surface area contributed by atoms with Gasteiger partial charge in [0.1, 0.15) is 11.5 Å². The van der Waals surface area contributed by atoms with Gasteiger partial charge in [-0.3, -0.25) is 4.98 Å². The van der Waals surface area contributed by atoms with Gasteiger partial charge in [0.2, 0.25) is 0 Å². The van der Waals surface area contributed by atoms with E-state index >= 15 is 0 Å². The van der Waals surface area contributed by atoms with Gasteiger partial charge in [-0.05, 0) is 24.3 Å². The summed E-state index contributed by atoms with van der Waals surface area (Å²) in [6.07, 6.45) is 4.32. The Kier molecular flexibility index (Phi) is 2.23. The molecule has 1 aromatic heterocycles. The number of rotatable bonds is 2. The average Bonchev–Trinajstić information content (AvgIpc) is 2.21. The summed E-state index contributed by atoms with van der Waals surface area (Å²) in [6, 6.07) is 13.1. The molecule has 0 saturated carbocycles. The SMILES string of the molecule is [c]1ccc(Oc2ccccc2)cn1. The molecule has 0 amide bonds. The Labute approximate surface area is 76.8 Å². The van der Waals surface area contributed by atoms with Crippen LogP contribution in [0.3, 0.4) is 0 Å². The summed E-state index contributed by atoms with van der Waals surface area (Å²) in [5.74, 6) is 1.54. The Hall–Kier alpha value is -1.83. The molecule has 0 saturated heterocycles. The van der Waals surface area contributed by atoms with Gasteiger partial charge in [0.05, 0.1) is 12.4 Å². The number of hydrogen-bond donors (Lipinski definition) is 0. The normalized spacial score (nSPS) is 9.54. The fraction of sp³-hybridized carbons (Fsp3) is 0. The highest BCUT2D eigenvalue weighted by Crippen LogP contribution is 2.18. The first-order valence-electron chi connectivity index (χ1n) is 4.00. The van der Waals surface area contributed by atoms with Crippen molar-refractivity contribution in [2.45, 2.75) is 0 Å². The first-order valence-corrected chi connectivity index (χ1v) is 4.00. The number of aromatic nitrogens is 1. The summed E-state index contributed by atoms with van der Waals surface area (Å²) < 4.78 is 5.50. The van der Waals surface area contributed by atoms with Gasteiger partial charge in [0.25, 0.3) is 0 Å². The molecule has 0 fully saturated rings. The van der Waals surface area contributed by atoms with Crippen LogP contribution >= 0.6 is 0 Å². The molecule has 13 heavy (non-hydrogen) atoms. The minimum Gasteiger partial charge on any atom is -0.456 e. The number of pyridine rings is 1. The molecular weight excluding hydrogens is 162 g/mol. The Morgan fingerprint density at radius 2 is 1.85 bits per heavy atom. The second-order valence-corrected chi connectivity index (χ2v) is 2.54. The van der Waals surface area contributed by atoms with Gasteiger partial charge in [0, 0.05) is 0 Å². The quantitative estimate of drug-likeness (QED) is 0.691. The standard InChI is InChI=1S/C11H8NO/c1-2-5-10(6-3-1)13-11-7-4-8-12-9-11/h1-7,9H. The van der Waals surface area contributed by atoms with Gasteiger partial charge < -0.3 is 4.74 Å². The molecule has 0 aliphatic rings. The van der Waals surface area contributed by atoms with Crippen molar-refractivity contribution in [3.8, 4) is 11.5 Å². The molecule has 0 atom stereocenters. The zero-order valence-corrected chi connectivity index (χ0v) is 6.97. The molecule has 2 heteroatoms. The largest absolute Gasteiger partial charge is 0.456 e. The molecule has 2 nitrogen and oxygen atoms in total. The van der Waals surface area contributed by atoms with E-state index in [0.717, 1.165) is 11.5 Å². The van der Waals surface area contributed by atoms with Crippen LogP contribution in [-0.4, -0.2) is 4.98 Å². The molecule has 2 aromatic rings. The molecular formula is C11H8NO. The number of ether oxygens (including phenoxy) is 1. The molecule has 0 aliphatic heterocycles. The average molecular weight is 170 g/mol. The van der Waals surface area contributed by atoms with Crippen molar-refractivity contribution in [3.63, 3.8) is 0 Å². The number of benzene rings is 1. The maximum atomic E-state index is 5.50. The van der Waals surface area contributed by atoms with Gasteiger partial charge >= 0.3 is 0 Å². The smallest absolute Gasteiger partial charge is 0.145 e. The van der Waals surface area contributed by atoms with E-state index in [9.17, 15) is 0 Å². The summed E-state index contributed by atoms with van der Waals surface area (Å²) in [7, 11) is 0. The van der Waals surface area contributed by atoms with Gasteiger partial charge in [-0.2, -0.15) is 0 Å². The number of para-hydroxylation sites is 1. The molecule has 0 aliphatic carbocycles. The fourth-order valence-electron chi connectivity index (χ4n) is 0.991. The van der Waals surface area contributed by atoms with Crippen LogP contribution in [0.25, 0.3) is 0 Å². The summed E-state index contributed by atoms with van der Waals surface area (Å²) in [5, 5.41) is 0. The highest BCUT2D eigenvalue weighted by molar-refractivity contribution is 5.28. The molecule has 0 unspecified atom stereocenters. The van der Waals surface area contributed by atoms with Crippen molar-refractivity contribution in [3.05, 3.63) is 54.9 Å². The van der Waals surface area contributed by atoms with Crippen LogP contribution < -0.4 is 4.74 Å². The minimum absolute atomic E-state index is 0.727. The van der Waals surface area contributed by atoms with Crippen molar-refractivity contribution >= 4 is 0 Å². The number of nitrogens with zero attached hydrogens (tertiary/aromatic N) is 1. The lowest BCUT2D eigenvalue weighted by Gasteiger charge is -2.02. The molecule has 1 radical (unpaired) electrons. The van der Waals surface area contributed by atoms with Crippen LogP contribution in [0.2, 0.25) is 0 Å². The summed E-state index contributed by atoms with van der Waals surface area (Å²) in [4.78, 5) is 3.83. The van der Waals surface area contributed by atoms with Crippen LogP contribution in [0.1, 0.15) is 0 Å². The molecule has 1 aromatic carbocycles. The topological polar surface area (TPSA) is 22.1 Å². The van der Waals surface area contributed by atoms with E-state index in [4.69, 9.17) is 4.74 Å². The zero-order valence-electron chi connectivity index (χ0n) is 6.97. The van der Waals surface area contributed by atoms with E-state index in [2.05, 4.69) is 11.2 Å². The summed E-state index contributed by atoms with van der Waals surface area (Å²) >= 11 is 0. The lowest BCUT2D eigenvalue weighted by Crippen LogP contribution is -1.83. The molecule has 0 bridgehead atoms. The van der Waals surface area contributed by atoms with Gasteiger partial charge in [-0.1, -0.05) is 18.2 Å². The predicted octanol–water partition coefficient (Wildman–Crippen LogP) is 2.67. The van der Waals surface area contributed by atoms with Gasteiger partial charge in [-0.15, -0.1) is 0 Å². The van der Waals surface area contributed by atoms with Crippen LogP contribution in [0.4, 0.5) is 0 Å². The van der Waals surface area contributed by atoms with E-state index < -0.39 is 0 Å². The molecule has 0 spiro atoms. The third-order valence-electron chi connectivity index (χ3n) is 1.57. The van der Waals surface area contributed by atoms with Gasteiger partial charge in [-0.25, -0.2) is 0 Å². The third kappa shape index (κ3) is 2.06. The molecule has 0 N–H and O–H groups in total. The molecule has 63 valence electrons. The lowest BCUT2D eigenvalue weighted by molar-refractivity contribution is 0.480. The van der Waals surface area contributed by atoms with Crippen LogP contribution in [0, 0.1) is 6.20 Å². The number of hydrogen-bond acceptors (Lipinski definition) is 2. The van der Waals surface area contributed by atoms with E-state index in [1.807, 2.05) is 36.4 Å². The maximum Gasteiger partial charge on any atom is 0.145 e. The fourth-order valence-corrected chi connectivity index (χ4v) is 0.991. The summed E-state index contributed by atoms with van der Waals surface area (Å²) in [6.45, 7) is 0. The Morgan fingerprint density at radius 3 is 2.54 bits per heavy atom. The third-order valence-corrected chi connectivity index (χ3v) is 1.57. The Balaban J connectivity index is 2.16. The van der Waals surface area contributed by atoms with Crippen molar-refractivity contribution in [2.75, 3.05) is 0 Å². The highest BCUT2D eigenvalue weighted by Gasteiger charge is 1.93. The van der Waals surface area contributed by atoms with Crippen molar-refractivity contribution in [1.29, 1.82) is 0 Å². The first-order chi connectivity index (χ1) is 6.45. The van der Waals surface area contributed by atoms with Crippen molar-refractivity contribution in [1.82, 2.24) is 4.98 Å². The van der Waals surface area contributed by atoms with Crippen LogP contribution in [0.5, 0.6) is 11.5 Å². The Morgan fingerprint density at radius 1 is 1.00 bits per heavy atom. The van der Waals surface area contributed by atoms with E-state index in [0.29, 0.717) is 0 Å². The van der Waals surface area contributed by atoms with Crippen molar-refractivity contribution in [2.24, 2.45) is 0 Å². The van der Waals surface area contributed by atoms with Crippen molar-refractivity contribution < 1.29 is 4.74 Å². The van der Waals surface area contributed by atoms with Crippen LogP contribution in [-0.2, 0) is 0 Å². The van der Waals surface area contributed by atoms with E-state index in [1.165, 1.54) is 0 Å². The molecule has 1 heterocycles. The second-order valence-electron chi connectivity index (χ2n) is 2.54. The predicted molar refractivity (Wildman–Crippen MR) is 49.6 cm³/mol. The zero-order chi connectivity index (χ0) is 8.93. The maximum absolute atomic E-state index is 5.50. The van der Waals surface area contributed by atoms with E-state index in [-0.39, 0.29) is 0 Å². The first kappa shape index (κ1) is 7.80. The van der Waals surface area contributed by atoms with E-state index in [1.54, 1.807) is 12.3 Å². The van der Waals surface area contributed by atoms with Gasteiger partial charge in [0.15, 0.2) is 0 Å². The second kappa shape index (κ2) is 3.72. The Bertz CT molecular complexity index is 321. The lowest BCUT2D eigenvalue weighted by atomic mass is 10.3. The van der Waals surface area contributed by atoms with Crippen LogP contribution in [0.15, 0.2) is 48.7 Å². The monoisotopic (exact) mass is 170 g/mol. The minimum atomic E-state index is 0.727. The highest BCUT2D eigenvalue weighted by atomic mass is 16.5. The summed E-state index contributed by atoms with van der Waals surface area (Å²) in [5.41, 5.74) is 0.